The van der Waals surface area contributed by atoms with Gasteiger partial charge in [0.05, 0.1) is 5.02 Å². The molecule has 0 atom stereocenters. The van der Waals surface area contributed by atoms with E-state index < -0.39 is 9.05 Å². The van der Waals surface area contributed by atoms with E-state index >= 15 is 0 Å². The summed E-state index contributed by atoms with van der Waals surface area (Å²) in [5, 5.41) is 1.13. The van der Waals surface area contributed by atoms with Crippen LogP contribution in [0.1, 0.15) is 5.56 Å². The van der Waals surface area contributed by atoms with E-state index in [2.05, 4.69) is 4.98 Å². The Bertz CT molecular complexity index is 920. The molecule has 0 aliphatic heterocycles. The van der Waals surface area contributed by atoms with Crippen LogP contribution in [0.4, 0.5) is 0 Å². The summed E-state index contributed by atoms with van der Waals surface area (Å²) in [5.41, 5.74) is 1.63. The molecule has 0 aliphatic rings. The van der Waals surface area contributed by atoms with Gasteiger partial charge in [-0.25, -0.2) is 8.42 Å². The van der Waals surface area contributed by atoms with E-state index in [0.29, 0.717) is 17.0 Å². The number of nitrogens with zero attached hydrogens (tertiary/aromatic N) is 2. The fourth-order valence-corrected chi connectivity index (χ4v) is 3.49. The van der Waals surface area contributed by atoms with Crippen molar-refractivity contribution in [1.82, 2.24) is 9.55 Å². The van der Waals surface area contributed by atoms with Crippen LogP contribution in [0, 0.1) is 0 Å². The smallest absolute Gasteiger partial charge is 0.263 e. The quantitative estimate of drug-likeness (QED) is 0.683. The predicted molar refractivity (Wildman–Crippen MR) is 83.3 cm³/mol. The van der Waals surface area contributed by atoms with Gasteiger partial charge in [-0.15, -0.1) is 0 Å². The second-order valence-electron chi connectivity index (χ2n) is 4.54. The lowest BCUT2D eigenvalue weighted by Crippen LogP contribution is -1.99. The van der Waals surface area contributed by atoms with Crippen molar-refractivity contribution in [3.8, 4) is 0 Å². The first kappa shape index (κ1) is 14.4. The highest BCUT2D eigenvalue weighted by atomic mass is 35.7. The van der Waals surface area contributed by atoms with Gasteiger partial charge < -0.3 is 4.57 Å². The normalized spacial score (nSPS) is 11.9. The summed E-state index contributed by atoms with van der Waals surface area (Å²) in [6.07, 6.45) is 4.73. The lowest BCUT2D eigenvalue weighted by molar-refractivity contribution is 0.610. The number of fused-ring (bicyclic) bond motifs is 1. The summed E-state index contributed by atoms with van der Waals surface area (Å²) in [4.78, 5) is 4.04. The summed E-state index contributed by atoms with van der Waals surface area (Å²) in [7, 11) is 1.70. The number of pyridine rings is 1. The minimum atomic E-state index is -3.80. The lowest BCUT2D eigenvalue weighted by Gasteiger charge is -2.06. The van der Waals surface area contributed by atoms with Crippen molar-refractivity contribution in [2.45, 2.75) is 11.4 Å². The SMILES string of the molecule is O=S(=O)(Cl)c1cn(Cc2ccncc2Cl)c2ccccc12. The van der Waals surface area contributed by atoms with Crippen LogP contribution in [0.2, 0.25) is 5.02 Å². The molecular weight excluding hydrogens is 331 g/mol. The van der Waals surface area contributed by atoms with E-state index in [1.165, 1.54) is 6.20 Å². The van der Waals surface area contributed by atoms with Gasteiger partial charge >= 0.3 is 0 Å². The zero-order valence-corrected chi connectivity index (χ0v) is 13.0. The third-order valence-electron chi connectivity index (χ3n) is 3.21. The highest BCUT2D eigenvalue weighted by molar-refractivity contribution is 8.14. The number of benzene rings is 1. The largest absolute Gasteiger partial charge is 0.342 e. The third kappa shape index (κ3) is 2.77. The molecule has 1 aromatic carbocycles. The highest BCUT2D eigenvalue weighted by Crippen LogP contribution is 2.29. The molecule has 2 heterocycles. The maximum atomic E-state index is 11.7. The van der Waals surface area contributed by atoms with Gasteiger partial charge in [0.1, 0.15) is 4.90 Å². The van der Waals surface area contributed by atoms with Gasteiger partial charge in [0.25, 0.3) is 9.05 Å². The molecule has 3 rings (SSSR count). The summed E-state index contributed by atoms with van der Waals surface area (Å²) < 4.78 is 25.2. The molecule has 0 amide bonds. The Morgan fingerprint density at radius 1 is 1.19 bits per heavy atom. The molecule has 0 N–H and O–H groups in total. The van der Waals surface area contributed by atoms with Gasteiger partial charge in [-0.3, -0.25) is 4.98 Å². The van der Waals surface area contributed by atoms with Crippen LogP contribution in [0.5, 0.6) is 0 Å². The van der Waals surface area contributed by atoms with Crippen molar-refractivity contribution in [2.75, 3.05) is 0 Å². The lowest BCUT2D eigenvalue weighted by atomic mass is 10.2. The average molecular weight is 341 g/mol. The Morgan fingerprint density at radius 2 is 1.95 bits per heavy atom. The Labute approximate surface area is 131 Å². The molecule has 0 spiro atoms. The molecular formula is C14H10Cl2N2O2S. The Kier molecular flexibility index (Phi) is 3.65. The van der Waals surface area contributed by atoms with E-state index in [1.807, 2.05) is 16.7 Å². The maximum absolute atomic E-state index is 11.7. The number of aromatic nitrogens is 2. The fraction of sp³-hybridized carbons (Fsp3) is 0.0714. The monoisotopic (exact) mass is 340 g/mol. The van der Waals surface area contributed by atoms with Crippen LogP contribution >= 0.6 is 22.3 Å². The first-order chi connectivity index (χ1) is 9.97. The summed E-state index contributed by atoms with van der Waals surface area (Å²) in [5.74, 6) is 0. The molecule has 0 bridgehead atoms. The fourth-order valence-electron chi connectivity index (χ4n) is 2.25. The molecule has 21 heavy (non-hydrogen) atoms. The second kappa shape index (κ2) is 5.33. The molecule has 3 aromatic rings. The summed E-state index contributed by atoms with van der Waals surface area (Å²) in [6, 6.07) is 8.99. The van der Waals surface area contributed by atoms with Crippen LogP contribution in [0.3, 0.4) is 0 Å². The van der Waals surface area contributed by atoms with Crippen LogP contribution in [0.25, 0.3) is 10.9 Å². The molecule has 2 aromatic heterocycles. The number of rotatable bonds is 3. The van der Waals surface area contributed by atoms with Crippen LogP contribution in [0.15, 0.2) is 53.8 Å². The van der Waals surface area contributed by atoms with Crippen molar-refractivity contribution in [3.05, 3.63) is 59.5 Å². The van der Waals surface area contributed by atoms with Crippen molar-refractivity contribution in [3.63, 3.8) is 0 Å². The van der Waals surface area contributed by atoms with Gasteiger partial charge in [0, 0.05) is 46.7 Å². The molecule has 0 fully saturated rings. The van der Waals surface area contributed by atoms with Crippen LogP contribution < -0.4 is 0 Å². The van der Waals surface area contributed by atoms with E-state index in [-0.39, 0.29) is 4.90 Å². The second-order valence-corrected chi connectivity index (χ2v) is 7.48. The van der Waals surface area contributed by atoms with E-state index in [0.717, 1.165) is 11.1 Å². The predicted octanol–water partition coefficient (Wildman–Crippen LogP) is 3.67. The van der Waals surface area contributed by atoms with Crippen molar-refractivity contribution < 1.29 is 8.42 Å². The number of halogens is 2. The standard InChI is InChI=1S/C14H10Cl2N2O2S/c15-12-7-17-6-5-10(12)8-18-9-14(21(16,19)20)11-3-1-2-4-13(11)18/h1-7,9H,8H2. The maximum Gasteiger partial charge on any atom is 0.263 e. The molecule has 0 aliphatic carbocycles. The topological polar surface area (TPSA) is 52.0 Å². The molecule has 0 saturated heterocycles. The van der Waals surface area contributed by atoms with Gasteiger partial charge in [-0.05, 0) is 17.7 Å². The van der Waals surface area contributed by atoms with Gasteiger partial charge in [-0.1, -0.05) is 29.8 Å². The summed E-state index contributed by atoms with van der Waals surface area (Å²) >= 11 is 6.10. The molecule has 4 nitrogen and oxygen atoms in total. The zero-order chi connectivity index (χ0) is 15.0. The molecule has 0 unspecified atom stereocenters. The van der Waals surface area contributed by atoms with E-state index in [4.69, 9.17) is 22.3 Å². The molecule has 0 saturated carbocycles. The zero-order valence-electron chi connectivity index (χ0n) is 10.7. The average Bonchev–Trinajstić information content (AvgIpc) is 2.81. The summed E-state index contributed by atoms with van der Waals surface area (Å²) in [6.45, 7) is 0.439. The minimum absolute atomic E-state index is 0.102. The highest BCUT2D eigenvalue weighted by Gasteiger charge is 2.18. The molecule has 0 radical (unpaired) electrons. The first-order valence-corrected chi connectivity index (χ1v) is 8.76. The van der Waals surface area contributed by atoms with Gasteiger partial charge in [0.15, 0.2) is 0 Å². The van der Waals surface area contributed by atoms with E-state index in [1.54, 1.807) is 30.6 Å². The Morgan fingerprint density at radius 3 is 2.67 bits per heavy atom. The van der Waals surface area contributed by atoms with Crippen molar-refractivity contribution in [2.24, 2.45) is 0 Å². The minimum Gasteiger partial charge on any atom is -0.342 e. The molecule has 7 heteroatoms. The van der Waals surface area contributed by atoms with Gasteiger partial charge in [-0.2, -0.15) is 0 Å². The Hall–Kier alpha value is -1.56. The van der Waals surface area contributed by atoms with E-state index in [9.17, 15) is 8.42 Å². The first-order valence-electron chi connectivity index (χ1n) is 6.08. The Balaban J connectivity index is 2.18. The van der Waals surface area contributed by atoms with Crippen LogP contribution in [-0.2, 0) is 15.6 Å². The number of hydrogen-bond donors (Lipinski definition) is 0. The number of para-hydroxylation sites is 1. The molecule has 108 valence electrons. The van der Waals surface area contributed by atoms with Gasteiger partial charge in [0.2, 0.25) is 0 Å². The van der Waals surface area contributed by atoms with Crippen molar-refractivity contribution >= 4 is 42.2 Å². The number of hydrogen-bond acceptors (Lipinski definition) is 3. The third-order valence-corrected chi connectivity index (χ3v) is 4.90. The van der Waals surface area contributed by atoms with Crippen LogP contribution in [-0.4, -0.2) is 18.0 Å². The van der Waals surface area contributed by atoms with Crippen molar-refractivity contribution in [1.29, 1.82) is 0 Å².